The van der Waals surface area contributed by atoms with Crippen molar-refractivity contribution in [2.45, 2.75) is 32.3 Å². The zero-order valence-corrected chi connectivity index (χ0v) is 18.9. The van der Waals surface area contributed by atoms with Gasteiger partial charge in [-0.05, 0) is 60.5 Å². The predicted octanol–water partition coefficient (Wildman–Crippen LogP) is 6.13. The number of hydrogen-bond donors (Lipinski definition) is 1. The maximum atomic E-state index is 10.9. The smallest absolute Gasteiger partial charge is 0.317 e. The summed E-state index contributed by atoms with van der Waals surface area (Å²) >= 11 is 0. The SMILES string of the molecule is CC(C)c1ccc(Oc2ccc(OC(CCN(C)CC(=O)O)c3ccccc3)cc2)cc1. The van der Waals surface area contributed by atoms with Crippen LogP contribution < -0.4 is 9.47 Å². The number of benzene rings is 3. The Balaban J connectivity index is 1.64. The molecule has 32 heavy (non-hydrogen) atoms. The molecule has 5 heteroatoms. The second kappa shape index (κ2) is 11.3. The number of carboxylic acids is 1. The Morgan fingerprint density at radius 1 is 0.844 bits per heavy atom. The standard InChI is InChI=1S/C27H31NO4/c1-20(2)21-9-11-23(12-10-21)31-24-13-15-25(16-14-24)32-26(22-7-5-4-6-8-22)17-18-28(3)19-27(29)30/h4-16,20,26H,17-19H2,1-3H3,(H,29,30). The highest BCUT2D eigenvalue weighted by atomic mass is 16.5. The number of rotatable bonds is 11. The van der Waals surface area contributed by atoms with Crippen molar-refractivity contribution in [1.29, 1.82) is 0 Å². The summed E-state index contributed by atoms with van der Waals surface area (Å²) in [5, 5.41) is 8.99. The molecule has 3 rings (SSSR count). The Labute approximate surface area is 190 Å². The van der Waals surface area contributed by atoms with Crippen LogP contribution in [0, 0.1) is 0 Å². The lowest BCUT2D eigenvalue weighted by Crippen LogP contribution is -2.28. The van der Waals surface area contributed by atoms with Crippen LogP contribution in [-0.2, 0) is 4.79 Å². The molecule has 168 valence electrons. The third-order valence-electron chi connectivity index (χ3n) is 5.23. The number of carbonyl (C=O) groups is 1. The molecule has 3 aromatic rings. The first kappa shape index (κ1) is 23.4. The molecule has 1 unspecified atom stereocenters. The van der Waals surface area contributed by atoms with Crippen molar-refractivity contribution in [1.82, 2.24) is 4.90 Å². The van der Waals surface area contributed by atoms with E-state index in [0.29, 0.717) is 18.9 Å². The van der Waals surface area contributed by atoms with Gasteiger partial charge >= 0.3 is 5.97 Å². The maximum absolute atomic E-state index is 10.9. The van der Waals surface area contributed by atoms with Crippen molar-refractivity contribution < 1.29 is 19.4 Å². The fourth-order valence-corrected chi connectivity index (χ4v) is 3.42. The molecule has 0 heterocycles. The Bertz CT molecular complexity index is 969. The average Bonchev–Trinajstić information content (AvgIpc) is 2.78. The topological polar surface area (TPSA) is 59.0 Å². The molecule has 0 spiro atoms. The molecular formula is C27H31NO4. The van der Waals surface area contributed by atoms with Gasteiger partial charge in [-0.3, -0.25) is 9.69 Å². The van der Waals surface area contributed by atoms with Crippen molar-refractivity contribution in [2.75, 3.05) is 20.1 Å². The molecule has 0 aliphatic rings. The van der Waals surface area contributed by atoms with E-state index >= 15 is 0 Å². The van der Waals surface area contributed by atoms with E-state index in [1.807, 2.05) is 66.7 Å². The zero-order chi connectivity index (χ0) is 22.9. The van der Waals surface area contributed by atoms with E-state index in [1.165, 1.54) is 5.56 Å². The van der Waals surface area contributed by atoms with E-state index < -0.39 is 5.97 Å². The zero-order valence-electron chi connectivity index (χ0n) is 18.9. The summed E-state index contributed by atoms with van der Waals surface area (Å²) in [6.07, 6.45) is 0.497. The number of ether oxygens (including phenoxy) is 2. The van der Waals surface area contributed by atoms with Crippen LogP contribution in [0.25, 0.3) is 0 Å². The molecule has 0 fully saturated rings. The lowest BCUT2D eigenvalue weighted by atomic mass is 10.0. The molecule has 0 amide bonds. The van der Waals surface area contributed by atoms with Crippen molar-refractivity contribution in [3.63, 3.8) is 0 Å². The highest BCUT2D eigenvalue weighted by molar-refractivity contribution is 5.69. The van der Waals surface area contributed by atoms with E-state index in [0.717, 1.165) is 22.8 Å². The minimum Gasteiger partial charge on any atom is -0.486 e. The highest BCUT2D eigenvalue weighted by Gasteiger charge is 2.15. The fourth-order valence-electron chi connectivity index (χ4n) is 3.42. The van der Waals surface area contributed by atoms with Crippen LogP contribution in [0.3, 0.4) is 0 Å². The van der Waals surface area contributed by atoms with Crippen molar-refractivity contribution in [2.24, 2.45) is 0 Å². The van der Waals surface area contributed by atoms with Crippen LogP contribution in [0.2, 0.25) is 0 Å². The van der Waals surface area contributed by atoms with Gasteiger partial charge in [0.1, 0.15) is 23.4 Å². The molecular weight excluding hydrogens is 402 g/mol. The average molecular weight is 434 g/mol. The van der Waals surface area contributed by atoms with Crippen LogP contribution in [0.15, 0.2) is 78.9 Å². The second-order valence-corrected chi connectivity index (χ2v) is 8.23. The Kier molecular flexibility index (Phi) is 8.28. The third-order valence-corrected chi connectivity index (χ3v) is 5.23. The molecule has 0 saturated carbocycles. The molecule has 0 saturated heterocycles. The summed E-state index contributed by atoms with van der Waals surface area (Å²) in [5.41, 5.74) is 2.34. The maximum Gasteiger partial charge on any atom is 0.317 e. The minimum absolute atomic E-state index is 0.00565. The second-order valence-electron chi connectivity index (χ2n) is 8.23. The first-order chi connectivity index (χ1) is 15.4. The predicted molar refractivity (Wildman–Crippen MR) is 127 cm³/mol. The van der Waals surface area contributed by atoms with Crippen molar-refractivity contribution >= 4 is 5.97 Å². The van der Waals surface area contributed by atoms with Crippen molar-refractivity contribution in [3.8, 4) is 17.2 Å². The Morgan fingerprint density at radius 3 is 1.97 bits per heavy atom. The first-order valence-corrected chi connectivity index (χ1v) is 10.9. The number of likely N-dealkylation sites (N-methyl/N-ethyl adjacent to an activating group) is 1. The molecule has 0 radical (unpaired) electrons. The van der Waals surface area contributed by atoms with Gasteiger partial charge < -0.3 is 14.6 Å². The summed E-state index contributed by atoms with van der Waals surface area (Å²) < 4.78 is 12.2. The van der Waals surface area contributed by atoms with Gasteiger partial charge in [-0.2, -0.15) is 0 Å². The fraction of sp³-hybridized carbons (Fsp3) is 0.296. The lowest BCUT2D eigenvalue weighted by molar-refractivity contribution is -0.138. The van der Waals surface area contributed by atoms with Crippen LogP contribution in [0.1, 0.15) is 43.4 Å². The number of nitrogens with zero attached hydrogens (tertiary/aromatic N) is 1. The van der Waals surface area contributed by atoms with E-state index in [-0.39, 0.29) is 12.6 Å². The monoisotopic (exact) mass is 433 g/mol. The van der Waals surface area contributed by atoms with Crippen LogP contribution in [0.5, 0.6) is 17.2 Å². The van der Waals surface area contributed by atoms with Gasteiger partial charge in [0.15, 0.2) is 0 Å². The summed E-state index contributed by atoms with van der Waals surface area (Å²) in [4.78, 5) is 12.7. The van der Waals surface area contributed by atoms with Gasteiger partial charge in [-0.15, -0.1) is 0 Å². The van der Waals surface area contributed by atoms with E-state index in [2.05, 4.69) is 26.0 Å². The summed E-state index contributed by atoms with van der Waals surface area (Å²) in [6, 6.07) is 25.7. The largest absolute Gasteiger partial charge is 0.486 e. The lowest BCUT2D eigenvalue weighted by Gasteiger charge is -2.22. The summed E-state index contributed by atoms with van der Waals surface area (Å²) in [6.45, 7) is 4.95. The Morgan fingerprint density at radius 2 is 1.41 bits per heavy atom. The summed E-state index contributed by atoms with van der Waals surface area (Å²) in [5.74, 6) is 1.93. The van der Waals surface area contributed by atoms with E-state index in [4.69, 9.17) is 14.6 Å². The van der Waals surface area contributed by atoms with Gasteiger partial charge in [0.05, 0.1) is 6.54 Å². The highest BCUT2D eigenvalue weighted by Crippen LogP contribution is 2.29. The normalized spacial score (nSPS) is 12.0. The van der Waals surface area contributed by atoms with Gasteiger partial charge in [0.25, 0.3) is 0 Å². The van der Waals surface area contributed by atoms with Crippen LogP contribution in [-0.4, -0.2) is 36.1 Å². The van der Waals surface area contributed by atoms with Crippen LogP contribution in [0.4, 0.5) is 0 Å². The number of carboxylic acid groups (broad SMARTS) is 1. The first-order valence-electron chi connectivity index (χ1n) is 10.9. The quantitative estimate of drug-likeness (QED) is 0.394. The van der Waals surface area contributed by atoms with Gasteiger partial charge in [0.2, 0.25) is 0 Å². The minimum atomic E-state index is -0.834. The van der Waals surface area contributed by atoms with Gasteiger partial charge in [-0.1, -0.05) is 56.3 Å². The van der Waals surface area contributed by atoms with Gasteiger partial charge in [-0.25, -0.2) is 0 Å². The third kappa shape index (κ3) is 7.13. The molecule has 0 aromatic heterocycles. The number of hydrogen-bond acceptors (Lipinski definition) is 4. The number of aliphatic carboxylic acids is 1. The molecule has 1 N–H and O–H groups in total. The molecule has 3 aromatic carbocycles. The van der Waals surface area contributed by atoms with Crippen LogP contribution >= 0.6 is 0 Å². The molecule has 5 nitrogen and oxygen atoms in total. The van der Waals surface area contributed by atoms with E-state index in [9.17, 15) is 4.79 Å². The Hall–Kier alpha value is -3.31. The van der Waals surface area contributed by atoms with Gasteiger partial charge in [0, 0.05) is 13.0 Å². The van der Waals surface area contributed by atoms with E-state index in [1.54, 1.807) is 11.9 Å². The molecule has 1 atom stereocenters. The molecule has 0 bridgehead atoms. The van der Waals surface area contributed by atoms with Crippen molar-refractivity contribution in [3.05, 3.63) is 90.0 Å². The summed E-state index contributed by atoms with van der Waals surface area (Å²) in [7, 11) is 1.80. The molecule has 0 aliphatic carbocycles. The molecule has 0 aliphatic heterocycles.